The molecule has 0 spiro atoms. The number of methoxy groups -OCH3 is 1. The van der Waals surface area contributed by atoms with Crippen molar-refractivity contribution in [1.82, 2.24) is 4.57 Å². The smallest absolute Gasteiger partial charge is 0.253 e. The number of pyridine rings is 1. The van der Waals surface area contributed by atoms with Gasteiger partial charge in [-0.25, -0.2) is 0 Å². The van der Waals surface area contributed by atoms with Crippen LogP contribution in [0, 0.1) is 6.92 Å². The van der Waals surface area contributed by atoms with Crippen molar-refractivity contribution >= 4 is 10.9 Å². The molecule has 0 N–H and O–H groups in total. The molecule has 0 aliphatic carbocycles. The van der Waals surface area contributed by atoms with Crippen LogP contribution in [0.15, 0.2) is 29.1 Å². The van der Waals surface area contributed by atoms with E-state index < -0.39 is 0 Å². The van der Waals surface area contributed by atoms with Gasteiger partial charge in [0.05, 0.1) is 12.6 Å². The highest BCUT2D eigenvalue weighted by molar-refractivity contribution is 5.81. The summed E-state index contributed by atoms with van der Waals surface area (Å²) in [6.45, 7) is 1.83. The number of aryl methyl sites for hydroxylation is 2. The molecule has 15 heavy (non-hydrogen) atoms. The molecule has 2 aromatic rings. The Morgan fingerprint density at radius 3 is 2.67 bits per heavy atom. The zero-order valence-electron chi connectivity index (χ0n) is 9.07. The Morgan fingerprint density at radius 2 is 2.00 bits per heavy atom. The standard InChI is InChI=1S/C12H13NO2/c1-8-6-9-4-5-10(15-3)7-11(9)13(2)12(8)14/h4-7H,1-3H3. The lowest BCUT2D eigenvalue weighted by Crippen LogP contribution is -2.19. The predicted molar refractivity (Wildman–Crippen MR) is 60.5 cm³/mol. The van der Waals surface area contributed by atoms with E-state index in [1.54, 1.807) is 18.7 Å². The largest absolute Gasteiger partial charge is 0.497 e. The average Bonchev–Trinajstić information content (AvgIpc) is 2.26. The predicted octanol–water partition coefficient (Wildman–Crippen LogP) is 1.86. The first-order valence-electron chi connectivity index (χ1n) is 4.78. The molecule has 0 bridgehead atoms. The van der Waals surface area contributed by atoms with E-state index in [4.69, 9.17) is 4.74 Å². The molecule has 0 atom stereocenters. The summed E-state index contributed by atoms with van der Waals surface area (Å²) in [4.78, 5) is 11.7. The molecule has 0 saturated heterocycles. The highest BCUT2D eigenvalue weighted by atomic mass is 16.5. The third-order valence-corrected chi connectivity index (χ3v) is 2.61. The van der Waals surface area contributed by atoms with Gasteiger partial charge in [0.2, 0.25) is 0 Å². The maximum Gasteiger partial charge on any atom is 0.253 e. The Kier molecular flexibility index (Phi) is 2.23. The number of nitrogens with zero attached hydrogens (tertiary/aromatic N) is 1. The molecule has 78 valence electrons. The van der Waals surface area contributed by atoms with Gasteiger partial charge in [-0.15, -0.1) is 0 Å². The third kappa shape index (κ3) is 1.50. The van der Waals surface area contributed by atoms with Gasteiger partial charge in [-0.05, 0) is 30.5 Å². The highest BCUT2D eigenvalue weighted by Crippen LogP contribution is 2.19. The number of ether oxygens (including phenoxy) is 1. The lowest BCUT2D eigenvalue weighted by Gasteiger charge is -2.08. The summed E-state index contributed by atoms with van der Waals surface area (Å²) < 4.78 is 6.78. The lowest BCUT2D eigenvalue weighted by molar-refractivity contribution is 0.415. The van der Waals surface area contributed by atoms with E-state index in [-0.39, 0.29) is 5.56 Å². The minimum Gasteiger partial charge on any atom is -0.497 e. The Labute approximate surface area is 87.9 Å². The molecule has 0 unspecified atom stereocenters. The number of hydrogen-bond donors (Lipinski definition) is 0. The van der Waals surface area contributed by atoms with E-state index in [0.717, 1.165) is 22.2 Å². The van der Waals surface area contributed by atoms with Gasteiger partial charge < -0.3 is 9.30 Å². The number of benzene rings is 1. The number of aromatic nitrogens is 1. The summed E-state index contributed by atoms with van der Waals surface area (Å²) in [5.41, 5.74) is 1.69. The fourth-order valence-electron chi connectivity index (χ4n) is 1.73. The summed E-state index contributed by atoms with van der Waals surface area (Å²) in [7, 11) is 3.39. The van der Waals surface area contributed by atoms with Gasteiger partial charge in [0.1, 0.15) is 5.75 Å². The summed E-state index contributed by atoms with van der Waals surface area (Å²) in [6.07, 6.45) is 0. The van der Waals surface area contributed by atoms with Gasteiger partial charge in [0.25, 0.3) is 5.56 Å². The maximum absolute atomic E-state index is 11.7. The molecule has 0 fully saturated rings. The van der Waals surface area contributed by atoms with Crippen LogP contribution in [0.25, 0.3) is 10.9 Å². The summed E-state index contributed by atoms with van der Waals surface area (Å²) in [5.74, 6) is 0.765. The summed E-state index contributed by atoms with van der Waals surface area (Å²) in [5, 5.41) is 1.05. The van der Waals surface area contributed by atoms with Crippen molar-refractivity contribution in [1.29, 1.82) is 0 Å². The molecule has 3 heteroatoms. The van der Waals surface area contributed by atoms with Crippen LogP contribution in [0.2, 0.25) is 0 Å². The van der Waals surface area contributed by atoms with E-state index in [1.807, 2.05) is 31.2 Å². The monoisotopic (exact) mass is 203 g/mol. The van der Waals surface area contributed by atoms with Crippen molar-refractivity contribution in [2.75, 3.05) is 7.11 Å². The van der Waals surface area contributed by atoms with Crippen LogP contribution in [0.5, 0.6) is 5.75 Å². The van der Waals surface area contributed by atoms with Crippen LogP contribution < -0.4 is 10.3 Å². The number of fused-ring (bicyclic) bond motifs is 1. The Balaban J connectivity index is 2.88. The van der Waals surface area contributed by atoms with E-state index in [2.05, 4.69) is 0 Å². The van der Waals surface area contributed by atoms with Crippen LogP contribution in [0.4, 0.5) is 0 Å². The summed E-state index contributed by atoms with van der Waals surface area (Å²) in [6, 6.07) is 7.63. The first-order chi connectivity index (χ1) is 7.13. The van der Waals surface area contributed by atoms with Crippen LogP contribution >= 0.6 is 0 Å². The average molecular weight is 203 g/mol. The second-order valence-electron chi connectivity index (χ2n) is 3.62. The molecule has 0 aliphatic rings. The SMILES string of the molecule is COc1ccc2cc(C)c(=O)n(C)c2c1. The molecule has 1 aromatic heterocycles. The second kappa shape index (κ2) is 3.42. The fourth-order valence-corrected chi connectivity index (χ4v) is 1.73. The first-order valence-corrected chi connectivity index (χ1v) is 4.78. The van der Waals surface area contributed by atoms with Crippen molar-refractivity contribution in [2.24, 2.45) is 7.05 Å². The molecule has 0 aliphatic heterocycles. The van der Waals surface area contributed by atoms with Gasteiger partial charge in [-0.1, -0.05) is 0 Å². The molecule has 2 rings (SSSR count). The molecule has 0 saturated carbocycles. The highest BCUT2D eigenvalue weighted by Gasteiger charge is 2.03. The van der Waals surface area contributed by atoms with Crippen molar-refractivity contribution < 1.29 is 4.74 Å². The molecular weight excluding hydrogens is 190 g/mol. The third-order valence-electron chi connectivity index (χ3n) is 2.61. The van der Waals surface area contributed by atoms with Gasteiger partial charge in [-0.2, -0.15) is 0 Å². The van der Waals surface area contributed by atoms with Crippen molar-refractivity contribution in [3.05, 3.63) is 40.2 Å². The van der Waals surface area contributed by atoms with Crippen LogP contribution in [0.1, 0.15) is 5.56 Å². The second-order valence-corrected chi connectivity index (χ2v) is 3.62. The van der Waals surface area contributed by atoms with Gasteiger partial charge in [0.15, 0.2) is 0 Å². The number of rotatable bonds is 1. The number of hydrogen-bond acceptors (Lipinski definition) is 2. The normalized spacial score (nSPS) is 10.6. The lowest BCUT2D eigenvalue weighted by atomic mass is 10.1. The quantitative estimate of drug-likeness (QED) is 0.708. The zero-order valence-corrected chi connectivity index (χ0v) is 9.07. The molecule has 3 nitrogen and oxygen atoms in total. The minimum atomic E-state index is 0.0377. The van der Waals surface area contributed by atoms with Gasteiger partial charge >= 0.3 is 0 Å². The Bertz CT molecular complexity index is 570. The van der Waals surface area contributed by atoms with Crippen molar-refractivity contribution in [3.63, 3.8) is 0 Å². The van der Waals surface area contributed by atoms with Crippen molar-refractivity contribution in [2.45, 2.75) is 6.92 Å². The summed E-state index contributed by atoms with van der Waals surface area (Å²) >= 11 is 0. The van der Waals surface area contributed by atoms with Crippen LogP contribution in [-0.2, 0) is 7.05 Å². The Morgan fingerprint density at radius 1 is 1.27 bits per heavy atom. The first kappa shape index (κ1) is 9.77. The van der Waals surface area contributed by atoms with Crippen molar-refractivity contribution in [3.8, 4) is 5.75 Å². The van der Waals surface area contributed by atoms with Crippen LogP contribution in [0.3, 0.4) is 0 Å². The Hall–Kier alpha value is -1.77. The fraction of sp³-hybridized carbons (Fsp3) is 0.250. The molecule has 0 radical (unpaired) electrons. The van der Waals surface area contributed by atoms with E-state index >= 15 is 0 Å². The molecule has 1 aromatic carbocycles. The van der Waals surface area contributed by atoms with E-state index in [0.29, 0.717) is 0 Å². The zero-order chi connectivity index (χ0) is 11.0. The van der Waals surface area contributed by atoms with Crippen LogP contribution in [-0.4, -0.2) is 11.7 Å². The van der Waals surface area contributed by atoms with Gasteiger partial charge in [-0.3, -0.25) is 4.79 Å². The maximum atomic E-state index is 11.7. The molecule has 1 heterocycles. The topological polar surface area (TPSA) is 31.2 Å². The molecule has 0 amide bonds. The van der Waals surface area contributed by atoms with E-state index in [9.17, 15) is 4.79 Å². The minimum absolute atomic E-state index is 0.0377. The van der Waals surface area contributed by atoms with E-state index in [1.165, 1.54) is 0 Å². The van der Waals surface area contributed by atoms with Gasteiger partial charge in [0, 0.05) is 18.7 Å². The molecular formula is C12H13NO2.